The molecule has 1 aromatic carbocycles. The lowest BCUT2D eigenvalue weighted by Gasteiger charge is -2.58. The van der Waals surface area contributed by atoms with Crippen molar-refractivity contribution in [2.75, 3.05) is 31.2 Å². The molecule has 158 valence electrons. The van der Waals surface area contributed by atoms with Gasteiger partial charge in [-0.25, -0.2) is 0 Å². The molecule has 1 aromatic rings. The lowest BCUT2D eigenvalue weighted by atomic mass is 9.61. The molecule has 1 N–H and O–H groups in total. The molecule has 1 aliphatic carbocycles. The summed E-state index contributed by atoms with van der Waals surface area (Å²) < 4.78 is 5.41. The van der Waals surface area contributed by atoms with Crippen LogP contribution in [0.15, 0.2) is 24.3 Å². The van der Waals surface area contributed by atoms with Gasteiger partial charge in [-0.1, -0.05) is 31.4 Å². The zero-order valence-electron chi connectivity index (χ0n) is 17.7. The number of β-lactam (4-membered cyclic amide) rings is 1. The summed E-state index contributed by atoms with van der Waals surface area (Å²) in [5.74, 6) is 0.180. The van der Waals surface area contributed by atoms with E-state index < -0.39 is 5.41 Å². The number of benzene rings is 1. The van der Waals surface area contributed by atoms with E-state index in [0.29, 0.717) is 6.54 Å². The van der Waals surface area contributed by atoms with Gasteiger partial charge in [0.05, 0.1) is 18.6 Å². The molecule has 6 heteroatoms. The lowest BCUT2D eigenvalue weighted by Crippen LogP contribution is -2.75. The molecule has 2 heterocycles. The maximum atomic E-state index is 13.1. The molecule has 29 heavy (non-hydrogen) atoms. The summed E-state index contributed by atoms with van der Waals surface area (Å²) in [6, 6.07) is 8.12. The van der Waals surface area contributed by atoms with E-state index in [4.69, 9.17) is 4.74 Å². The van der Waals surface area contributed by atoms with E-state index in [1.54, 1.807) is 4.90 Å². The Labute approximate surface area is 173 Å². The number of likely N-dealkylation sites (tertiary alicyclic amines) is 1. The Hall–Kier alpha value is -2.08. The third kappa shape index (κ3) is 3.75. The van der Waals surface area contributed by atoms with Crippen LogP contribution in [-0.4, -0.2) is 55.1 Å². The van der Waals surface area contributed by atoms with Crippen LogP contribution in [0.25, 0.3) is 0 Å². The summed E-state index contributed by atoms with van der Waals surface area (Å²) in [6.07, 6.45) is 4.96. The third-order valence-corrected chi connectivity index (χ3v) is 6.79. The number of nitrogens with one attached hydrogen (secondary N) is 1. The van der Waals surface area contributed by atoms with Crippen LogP contribution < -0.4 is 10.2 Å². The minimum Gasteiger partial charge on any atom is -0.378 e. The van der Waals surface area contributed by atoms with E-state index in [2.05, 4.69) is 34.5 Å². The number of rotatable bonds is 5. The number of hydrogen-bond acceptors (Lipinski definition) is 4. The average Bonchev–Trinajstić information content (AvgIpc) is 2.76. The molecule has 2 saturated heterocycles. The summed E-state index contributed by atoms with van der Waals surface area (Å²) in [5, 5.41) is 3.11. The van der Waals surface area contributed by atoms with Crippen molar-refractivity contribution in [3.8, 4) is 0 Å². The van der Waals surface area contributed by atoms with Gasteiger partial charge < -0.3 is 19.9 Å². The molecule has 0 aromatic heterocycles. The van der Waals surface area contributed by atoms with Gasteiger partial charge in [0, 0.05) is 31.4 Å². The average molecular weight is 400 g/mol. The van der Waals surface area contributed by atoms with Gasteiger partial charge in [0.2, 0.25) is 11.8 Å². The Morgan fingerprint density at radius 2 is 1.79 bits per heavy atom. The molecule has 2 aliphatic heterocycles. The van der Waals surface area contributed by atoms with Crippen LogP contribution in [0.1, 0.15) is 51.5 Å². The number of amides is 2. The topological polar surface area (TPSA) is 61.9 Å². The van der Waals surface area contributed by atoms with Crippen molar-refractivity contribution in [1.82, 2.24) is 10.2 Å². The minimum atomic E-state index is -0.452. The molecule has 3 fully saturated rings. The third-order valence-electron chi connectivity index (χ3n) is 6.79. The monoisotopic (exact) mass is 399 g/mol. The molecular formula is C23H33N3O3. The van der Waals surface area contributed by atoms with Gasteiger partial charge in [-0.3, -0.25) is 9.59 Å². The molecule has 6 nitrogen and oxygen atoms in total. The number of carbonyl (C=O) groups excluding carboxylic acids is 2. The first kappa shape index (κ1) is 20.2. The summed E-state index contributed by atoms with van der Waals surface area (Å²) in [5.41, 5.74) is 1.82. The first-order chi connectivity index (χ1) is 14.0. The molecule has 0 bridgehead atoms. The number of nitrogens with zero attached hydrogens (tertiary/aromatic N) is 2. The van der Waals surface area contributed by atoms with E-state index in [1.807, 2.05) is 13.8 Å². The quantitative estimate of drug-likeness (QED) is 0.774. The summed E-state index contributed by atoms with van der Waals surface area (Å²) in [4.78, 5) is 30.1. The van der Waals surface area contributed by atoms with Crippen LogP contribution in [0.5, 0.6) is 0 Å². The number of anilines is 1. The Morgan fingerprint density at radius 1 is 1.14 bits per heavy atom. The maximum Gasteiger partial charge on any atom is 0.244 e. The van der Waals surface area contributed by atoms with Gasteiger partial charge in [0.25, 0.3) is 0 Å². The molecule has 1 atom stereocenters. The molecule has 1 saturated carbocycles. The maximum absolute atomic E-state index is 13.1. The van der Waals surface area contributed by atoms with E-state index in [0.717, 1.165) is 57.6 Å². The molecule has 1 spiro atoms. The van der Waals surface area contributed by atoms with Crippen LogP contribution in [0, 0.1) is 5.41 Å². The highest BCUT2D eigenvalue weighted by Crippen LogP contribution is 2.51. The predicted octanol–water partition coefficient (Wildman–Crippen LogP) is 2.71. The highest BCUT2D eigenvalue weighted by Gasteiger charge is 2.63. The fraction of sp³-hybridized carbons (Fsp3) is 0.652. The van der Waals surface area contributed by atoms with E-state index in [9.17, 15) is 9.59 Å². The molecular weight excluding hydrogens is 366 g/mol. The minimum absolute atomic E-state index is 0.00236. The van der Waals surface area contributed by atoms with Gasteiger partial charge in [0.1, 0.15) is 6.04 Å². The Balaban J connectivity index is 1.39. The number of morpholine rings is 1. The number of hydrogen-bond donors (Lipinski definition) is 1. The van der Waals surface area contributed by atoms with E-state index >= 15 is 0 Å². The molecule has 4 rings (SSSR count). The lowest BCUT2D eigenvalue weighted by molar-refractivity contribution is -0.186. The first-order valence-corrected chi connectivity index (χ1v) is 11.0. The van der Waals surface area contributed by atoms with Crippen LogP contribution in [0.4, 0.5) is 5.69 Å². The zero-order chi connectivity index (χ0) is 20.4. The SMILES string of the molecule is CC(C)N1C(=O)C2(CCCCC2)C1C(=O)NCc1ccc(N2CCOCC2)cc1. The summed E-state index contributed by atoms with van der Waals surface area (Å²) >= 11 is 0. The van der Waals surface area contributed by atoms with Crippen molar-refractivity contribution >= 4 is 17.5 Å². The van der Waals surface area contributed by atoms with Crippen LogP contribution in [0.2, 0.25) is 0 Å². The molecule has 3 aliphatic rings. The van der Waals surface area contributed by atoms with Crippen molar-refractivity contribution in [3.63, 3.8) is 0 Å². The van der Waals surface area contributed by atoms with Crippen molar-refractivity contribution < 1.29 is 14.3 Å². The highest BCUT2D eigenvalue weighted by molar-refractivity contribution is 6.02. The smallest absolute Gasteiger partial charge is 0.244 e. The predicted molar refractivity (Wildman–Crippen MR) is 113 cm³/mol. The van der Waals surface area contributed by atoms with Gasteiger partial charge in [-0.15, -0.1) is 0 Å². The second kappa shape index (κ2) is 8.34. The number of carbonyl (C=O) groups is 2. The second-order valence-electron chi connectivity index (χ2n) is 8.91. The van der Waals surface area contributed by atoms with Gasteiger partial charge in [0.15, 0.2) is 0 Å². The highest BCUT2D eigenvalue weighted by atomic mass is 16.5. The van der Waals surface area contributed by atoms with E-state index in [1.165, 1.54) is 12.1 Å². The van der Waals surface area contributed by atoms with Crippen molar-refractivity contribution in [1.29, 1.82) is 0 Å². The van der Waals surface area contributed by atoms with Gasteiger partial charge in [-0.05, 0) is 44.4 Å². The van der Waals surface area contributed by atoms with Crippen molar-refractivity contribution in [2.24, 2.45) is 5.41 Å². The summed E-state index contributed by atoms with van der Waals surface area (Å²) in [6.45, 7) is 7.86. The van der Waals surface area contributed by atoms with Crippen molar-refractivity contribution in [3.05, 3.63) is 29.8 Å². The Morgan fingerprint density at radius 3 is 2.41 bits per heavy atom. The standard InChI is InChI=1S/C23H33N3O3/c1-17(2)26-20(23(22(26)28)10-4-3-5-11-23)21(27)24-16-18-6-8-19(9-7-18)25-12-14-29-15-13-25/h6-9,17,20H,3-5,10-16H2,1-2H3,(H,24,27). The Kier molecular flexibility index (Phi) is 5.81. The molecule has 1 unspecified atom stereocenters. The van der Waals surface area contributed by atoms with Crippen LogP contribution >= 0.6 is 0 Å². The molecule has 0 radical (unpaired) electrons. The zero-order valence-corrected chi connectivity index (χ0v) is 17.7. The normalized spacial score (nSPS) is 24.0. The number of ether oxygens (including phenoxy) is 1. The fourth-order valence-corrected chi connectivity index (χ4v) is 5.20. The van der Waals surface area contributed by atoms with Crippen LogP contribution in [-0.2, 0) is 20.9 Å². The van der Waals surface area contributed by atoms with Crippen molar-refractivity contribution in [2.45, 2.75) is 64.6 Å². The van der Waals surface area contributed by atoms with Gasteiger partial charge >= 0.3 is 0 Å². The largest absolute Gasteiger partial charge is 0.378 e. The molecule has 2 amide bonds. The second-order valence-corrected chi connectivity index (χ2v) is 8.91. The Bertz CT molecular complexity index is 734. The van der Waals surface area contributed by atoms with E-state index in [-0.39, 0.29) is 23.9 Å². The fourth-order valence-electron chi connectivity index (χ4n) is 5.20. The summed E-state index contributed by atoms with van der Waals surface area (Å²) in [7, 11) is 0. The van der Waals surface area contributed by atoms with Crippen LogP contribution in [0.3, 0.4) is 0 Å². The van der Waals surface area contributed by atoms with Gasteiger partial charge in [-0.2, -0.15) is 0 Å². The first-order valence-electron chi connectivity index (χ1n) is 11.0.